The normalized spacial score (nSPS) is 15.8. The Balaban J connectivity index is 1.78. The molecular formula is C13H14N4OS. The third-order valence-electron chi connectivity index (χ3n) is 3.36. The molecule has 1 aliphatic rings. The number of carbonyl (C=O) groups is 1. The van der Waals surface area contributed by atoms with Crippen molar-refractivity contribution in [3.05, 3.63) is 29.8 Å². The van der Waals surface area contributed by atoms with E-state index in [0.29, 0.717) is 11.6 Å². The minimum absolute atomic E-state index is 0.437. The van der Waals surface area contributed by atoms with Crippen LogP contribution in [0.3, 0.4) is 0 Å². The number of tetrazole rings is 1. The highest BCUT2D eigenvalue weighted by molar-refractivity contribution is 7.99. The number of hydrogen-bond acceptors (Lipinski definition) is 5. The molecule has 0 amide bonds. The number of hydrogen-bond donors (Lipinski definition) is 0. The molecule has 6 heteroatoms. The molecule has 19 heavy (non-hydrogen) atoms. The van der Waals surface area contributed by atoms with Gasteiger partial charge in [0.2, 0.25) is 5.16 Å². The molecule has 1 saturated carbocycles. The van der Waals surface area contributed by atoms with Gasteiger partial charge in [0.1, 0.15) is 6.29 Å². The number of nitrogens with zero attached hydrogens (tertiary/aromatic N) is 4. The van der Waals surface area contributed by atoms with Crippen molar-refractivity contribution in [2.45, 2.75) is 41.8 Å². The molecule has 1 aromatic heterocycles. The Bertz CT molecular complexity index is 560. The molecule has 1 fully saturated rings. The van der Waals surface area contributed by atoms with E-state index in [9.17, 15) is 4.79 Å². The zero-order valence-corrected chi connectivity index (χ0v) is 11.2. The van der Waals surface area contributed by atoms with Crippen LogP contribution in [0.15, 0.2) is 34.3 Å². The molecule has 0 N–H and O–H groups in total. The molecule has 0 aliphatic heterocycles. The van der Waals surface area contributed by atoms with E-state index in [1.165, 1.54) is 24.6 Å². The fourth-order valence-electron chi connectivity index (χ4n) is 2.35. The van der Waals surface area contributed by atoms with Crippen LogP contribution in [0.2, 0.25) is 0 Å². The van der Waals surface area contributed by atoms with Crippen molar-refractivity contribution >= 4 is 18.0 Å². The lowest BCUT2D eigenvalue weighted by Gasteiger charge is -2.10. The van der Waals surface area contributed by atoms with E-state index in [1.54, 1.807) is 12.1 Å². The summed E-state index contributed by atoms with van der Waals surface area (Å²) in [7, 11) is 0. The molecular weight excluding hydrogens is 260 g/mol. The van der Waals surface area contributed by atoms with Gasteiger partial charge in [-0.05, 0) is 47.2 Å². The number of rotatable bonds is 4. The van der Waals surface area contributed by atoms with Crippen LogP contribution in [-0.4, -0.2) is 26.5 Å². The maximum absolute atomic E-state index is 10.6. The second-order valence-corrected chi connectivity index (χ2v) is 5.67. The van der Waals surface area contributed by atoms with Crippen LogP contribution in [0.1, 0.15) is 42.1 Å². The number of carbonyl (C=O) groups excluding carboxylic acids is 1. The zero-order valence-electron chi connectivity index (χ0n) is 10.4. The van der Waals surface area contributed by atoms with Crippen molar-refractivity contribution < 1.29 is 4.79 Å². The Morgan fingerprint density at radius 3 is 2.63 bits per heavy atom. The van der Waals surface area contributed by atoms with Crippen molar-refractivity contribution in [2.75, 3.05) is 0 Å². The first-order chi connectivity index (χ1) is 9.36. The van der Waals surface area contributed by atoms with Crippen molar-refractivity contribution in [1.29, 1.82) is 0 Å². The van der Waals surface area contributed by atoms with Crippen molar-refractivity contribution in [3.63, 3.8) is 0 Å². The summed E-state index contributed by atoms with van der Waals surface area (Å²) < 4.78 is 1.94. The smallest absolute Gasteiger partial charge is 0.214 e. The molecule has 98 valence electrons. The minimum atomic E-state index is 0.437. The fourth-order valence-corrected chi connectivity index (χ4v) is 3.19. The molecule has 1 aliphatic carbocycles. The van der Waals surface area contributed by atoms with E-state index < -0.39 is 0 Å². The summed E-state index contributed by atoms with van der Waals surface area (Å²) in [6.07, 6.45) is 5.66. The Morgan fingerprint density at radius 1 is 1.21 bits per heavy atom. The first-order valence-electron chi connectivity index (χ1n) is 6.38. The summed E-state index contributed by atoms with van der Waals surface area (Å²) in [5, 5.41) is 12.8. The van der Waals surface area contributed by atoms with Crippen molar-refractivity contribution in [3.8, 4) is 0 Å². The molecule has 2 aromatic rings. The minimum Gasteiger partial charge on any atom is -0.298 e. The van der Waals surface area contributed by atoms with Crippen LogP contribution >= 0.6 is 11.8 Å². The molecule has 0 bridgehead atoms. The van der Waals surface area contributed by atoms with Gasteiger partial charge in [0.25, 0.3) is 0 Å². The second kappa shape index (κ2) is 5.52. The predicted molar refractivity (Wildman–Crippen MR) is 71.3 cm³/mol. The van der Waals surface area contributed by atoms with E-state index >= 15 is 0 Å². The monoisotopic (exact) mass is 274 g/mol. The average Bonchev–Trinajstić information content (AvgIpc) is 3.10. The molecule has 3 rings (SSSR count). The van der Waals surface area contributed by atoms with E-state index in [0.717, 1.165) is 29.2 Å². The summed E-state index contributed by atoms with van der Waals surface area (Å²) >= 11 is 1.54. The summed E-state index contributed by atoms with van der Waals surface area (Å²) in [5.74, 6) is 0. The Labute approximate surface area is 115 Å². The van der Waals surface area contributed by atoms with Gasteiger partial charge >= 0.3 is 0 Å². The van der Waals surface area contributed by atoms with E-state index in [1.807, 2.05) is 16.8 Å². The van der Waals surface area contributed by atoms with Gasteiger partial charge in [-0.15, -0.1) is 5.10 Å². The molecule has 0 saturated heterocycles. The van der Waals surface area contributed by atoms with Gasteiger partial charge in [-0.1, -0.05) is 25.0 Å². The first-order valence-corrected chi connectivity index (χ1v) is 7.19. The Hall–Kier alpha value is -1.69. The Kier molecular flexibility index (Phi) is 3.59. The summed E-state index contributed by atoms with van der Waals surface area (Å²) in [6, 6.07) is 7.88. The van der Waals surface area contributed by atoms with E-state index in [-0.39, 0.29) is 0 Å². The molecule has 1 aromatic carbocycles. The van der Waals surface area contributed by atoms with Gasteiger partial charge in [-0.25, -0.2) is 4.68 Å². The van der Waals surface area contributed by atoms with Crippen LogP contribution in [0, 0.1) is 0 Å². The van der Waals surface area contributed by atoms with Gasteiger partial charge in [0, 0.05) is 10.5 Å². The SMILES string of the molecule is O=Cc1ccc(Sc2nnnn2C2CCCC2)cc1. The lowest BCUT2D eigenvalue weighted by Crippen LogP contribution is -2.08. The third kappa shape index (κ3) is 2.68. The van der Waals surface area contributed by atoms with Gasteiger partial charge in [-0.2, -0.15) is 0 Å². The average molecular weight is 274 g/mol. The zero-order chi connectivity index (χ0) is 13.1. The van der Waals surface area contributed by atoms with Crippen molar-refractivity contribution in [1.82, 2.24) is 20.2 Å². The molecule has 0 radical (unpaired) electrons. The van der Waals surface area contributed by atoms with Crippen LogP contribution in [0.25, 0.3) is 0 Å². The highest BCUT2D eigenvalue weighted by Gasteiger charge is 2.21. The number of aromatic nitrogens is 4. The largest absolute Gasteiger partial charge is 0.298 e. The molecule has 0 unspecified atom stereocenters. The molecule has 1 heterocycles. The summed E-state index contributed by atoms with van der Waals surface area (Å²) in [5.41, 5.74) is 0.680. The van der Waals surface area contributed by atoms with Gasteiger partial charge in [0.15, 0.2) is 0 Å². The maximum Gasteiger partial charge on any atom is 0.214 e. The Morgan fingerprint density at radius 2 is 1.95 bits per heavy atom. The van der Waals surface area contributed by atoms with E-state index in [4.69, 9.17) is 0 Å². The molecule has 5 nitrogen and oxygen atoms in total. The fraction of sp³-hybridized carbons (Fsp3) is 0.385. The standard InChI is InChI=1S/C13H14N4OS/c18-9-10-5-7-12(8-6-10)19-13-14-15-16-17(13)11-3-1-2-4-11/h5-9,11H,1-4H2. The van der Waals surface area contributed by atoms with Crippen LogP contribution < -0.4 is 0 Å². The van der Waals surface area contributed by atoms with Crippen molar-refractivity contribution in [2.24, 2.45) is 0 Å². The first kappa shape index (κ1) is 12.3. The quantitative estimate of drug-likeness (QED) is 0.802. The number of benzene rings is 1. The van der Waals surface area contributed by atoms with Crippen LogP contribution in [-0.2, 0) is 0 Å². The van der Waals surface area contributed by atoms with Crippen LogP contribution in [0.4, 0.5) is 0 Å². The third-order valence-corrected chi connectivity index (χ3v) is 4.32. The van der Waals surface area contributed by atoms with E-state index in [2.05, 4.69) is 15.5 Å². The van der Waals surface area contributed by atoms with Gasteiger partial charge in [0.05, 0.1) is 6.04 Å². The molecule has 0 atom stereocenters. The second-order valence-electron chi connectivity index (χ2n) is 4.63. The summed E-state index contributed by atoms with van der Waals surface area (Å²) in [4.78, 5) is 11.7. The topological polar surface area (TPSA) is 60.7 Å². The highest BCUT2D eigenvalue weighted by atomic mass is 32.2. The van der Waals surface area contributed by atoms with Crippen LogP contribution in [0.5, 0.6) is 0 Å². The molecule has 0 spiro atoms. The lowest BCUT2D eigenvalue weighted by molar-refractivity contribution is 0.112. The summed E-state index contributed by atoms with van der Waals surface area (Å²) in [6.45, 7) is 0. The predicted octanol–water partition coefficient (Wildman–Crippen LogP) is 2.75. The highest BCUT2D eigenvalue weighted by Crippen LogP contribution is 2.33. The van der Waals surface area contributed by atoms with Gasteiger partial charge < -0.3 is 0 Å². The lowest BCUT2D eigenvalue weighted by atomic mass is 10.2. The maximum atomic E-state index is 10.6. The van der Waals surface area contributed by atoms with Gasteiger partial charge in [-0.3, -0.25) is 4.79 Å². The number of aldehydes is 1.